The number of nitrogens with zero attached hydrogens (tertiary/aromatic N) is 2. The zero-order chi connectivity index (χ0) is 22.4. The van der Waals surface area contributed by atoms with Gasteiger partial charge in [0.05, 0.1) is 0 Å². The fourth-order valence-electron chi connectivity index (χ4n) is 3.90. The van der Waals surface area contributed by atoms with Crippen molar-refractivity contribution in [2.45, 2.75) is 40.5 Å². The summed E-state index contributed by atoms with van der Waals surface area (Å²) in [5.41, 5.74) is 7.85. The van der Waals surface area contributed by atoms with Crippen LogP contribution in [0.2, 0.25) is 0 Å². The molecule has 1 N–H and O–H groups in total. The molecule has 0 saturated carbocycles. The van der Waals surface area contributed by atoms with Crippen LogP contribution >= 0.6 is 0 Å². The summed E-state index contributed by atoms with van der Waals surface area (Å²) in [7, 11) is 0. The predicted molar refractivity (Wildman–Crippen MR) is 126 cm³/mol. The molecule has 0 atom stereocenters. The third kappa shape index (κ3) is 5.32. The largest absolute Gasteiger partial charge is 0.351 e. The molecule has 4 nitrogen and oxygen atoms in total. The number of hydrogen-bond acceptors (Lipinski definition) is 2. The zero-order valence-corrected chi connectivity index (χ0v) is 18.7. The monoisotopic (exact) mass is 411 g/mol. The predicted octanol–water partition coefficient (Wildman–Crippen LogP) is 5.37. The second-order valence-corrected chi connectivity index (χ2v) is 7.97. The molecule has 3 rings (SSSR count). The lowest BCUT2D eigenvalue weighted by Crippen LogP contribution is -2.25. The van der Waals surface area contributed by atoms with Crippen LogP contribution in [0.4, 0.5) is 0 Å². The van der Waals surface area contributed by atoms with Crippen LogP contribution in [0.25, 0.3) is 11.8 Å². The van der Waals surface area contributed by atoms with Gasteiger partial charge in [0.15, 0.2) is 0 Å². The van der Waals surface area contributed by atoms with Crippen molar-refractivity contribution in [2.24, 2.45) is 0 Å². The lowest BCUT2D eigenvalue weighted by Gasteiger charge is -2.13. The van der Waals surface area contributed by atoms with Crippen molar-refractivity contribution in [2.75, 3.05) is 6.54 Å². The molecule has 0 unspecified atom stereocenters. The number of benzene rings is 2. The first-order valence-corrected chi connectivity index (χ1v) is 10.6. The number of carbonyl (C=O) groups excluding carboxylic acids is 1. The Bertz CT molecular complexity index is 1150. The maximum Gasteiger partial charge on any atom is 0.261 e. The minimum Gasteiger partial charge on any atom is -0.351 e. The van der Waals surface area contributed by atoms with Gasteiger partial charge >= 0.3 is 0 Å². The molecule has 0 aliphatic heterocycles. The van der Waals surface area contributed by atoms with E-state index in [0.717, 1.165) is 35.5 Å². The summed E-state index contributed by atoms with van der Waals surface area (Å²) >= 11 is 0. The van der Waals surface area contributed by atoms with Gasteiger partial charge in [0.25, 0.3) is 5.91 Å². The van der Waals surface area contributed by atoms with Gasteiger partial charge in [-0.3, -0.25) is 4.79 Å². The number of nitrogens with one attached hydrogen (secondary N) is 1. The van der Waals surface area contributed by atoms with Crippen molar-refractivity contribution in [3.05, 3.63) is 93.8 Å². The van der Waals surface area contributed by atoms with Gasteiger partial charge in [-0.25, -0.2) is 0 Å². The molecule has 3 aromatic rings. The molecule has 0 aliphatic rings. The Labute approximate surface area is 184 Å². The van der Waals surface area contributed by atoms with E-state index in [0.29, 0.717) is 6.54 Å². The van der Waals surface area contributed by atoms with E-state index in [4.69, 9.17) is 0 Å². The second-order valence-electron chi connectivity index (χ2n) is 7.97. The average Bonchev–Trinajstić information content (AvgIpc) is 3.03. The lowest BCUT2D eigenvalue weighted by atomic mass is 10.1. The molecule has 31 heavy (non-hydrogen) atoms. The van der Waals surface area contributed by atoms with E-state index >= 15 is 0 Å². The van der Waals surface area contributed by atoms with Gasteiger partial charge in [0, 0.05) is 23.6 Å². The van der Waals surface area contributed by atoms with Crippen LogP contribution in [-0.2, 0) is 11.2 Å². The van der Waals surface area contributed by atoms with E-state index in [1.54, 1.807) is 6.08 Å². The van der Waals surface area contributed by atoms with Crippen LogP contribution in [-0.4, -0.2) is 17.0 Å². The fraction of sp³-hybridized carbons (Fsp3) is 0.259. The third-order valence-corrected chi connectivity index (χ3v) is 5.50. The van der Waals surface area contributed by atoms with Crippen LogP contribution in [0.5, 0.6) is 0 Å². The molecule has 1 heterocycles. The highest BCUT2D eigenvalue weighted by atomic mass is 16.1. The van der Waals surface area contributed by atoms with Crippen molar-refractivity contribution in [1.82, 2.24) is 9.88 Å². The van der Waals surface area contributed by atoms with Crippen molar-refractivity contribution in [3.63, 3.8) is 0 Å². The van der Waals surface area contributed by atoms with Crippen molar-refractivity contribution in [3.8, 4) is 11.8 Å². The molecule has 158 valence electrons. The van der Waals surface area contributed by atoms with Crippen molar-refractivity contribution in [1.29, 1.82) is 5.26 Å². The fourth-order valence-corrected chi connectivity index (χ4v) is 3.90. The summed E-state index contributed by atoms with van der Waals surface area (Å²) in [6, 6.07) is 20.6. The molecule has 0 aliphatic carbocycles. The third-order valence-electron chi connectivity index (χ3n) is 5.50. The zero-order valence-electron chi connectivity index (χ0n) is 18.7. The van der Waals surface area contributed by atoms with Crippen LogP contribution in [0.15, 0.2) is 60.2 Å². The first kappa shape index (κ1) is 22.1. The minimum atomic E-state index is -0.327. The number of aryl methyl sites for hydroxylation is 4. The molecule has 0 radical (unpaired) electrons. The van der Waals surface area contributed by atoms with E-state index in [1.165, 1.54) is 16.7 Å². The summed E-state index contributed by atoms with van der Waals surface area (Å²) in [5.74, 6) is -0.327. The first-order valence-electron chi connectivity index (χ1n) is 10.6. The summed E-state index contributed by atoms with van der Waals surface area (Å²) < 4.78 is 2.17. The molecular weight excluding hydrogens is 382 g/mol. The quantitative estimate of drug-likeness (QED) is 0.323. The van der Waals surface area contributed by atoms with Crippen molar-refractivity contribution >= 4 is 12.0 Å². The Morgan fingerprint density at radius 1 is 1.06 bits per heavy atom. The molecule has 4 heteroatoms. The van der Waals surface area contributed by atoms with E-state index in [2.05, 4.69) is 60.1 Å². The van der Waals surface area contributed by atoms with Crippen LogP contribution in [0.3, 0.4) is 0 Å². The minimum absolute atomic E-state index is 0.126. The summed E-state index contributed by atoms with van der Waals surface area (Å²) in [4.78, 5) is 12.5. The van der Waals surface area contributed by atoms with Gasteiger partial charge in [0.1, 0.15) is 11.6 Å². The maximum absolute atomic E-state index is 12.5. The van der Waals surface area contributed by atoms with E-state index in [1.807, 2.05) is 38.1 Å². The lowest BCUT2D eigenvalue weighted by molar-refractivity contribution is -0.117. The number of hydrogen-bond donors (Lipinski definition) is 1. The van der Waals surface area contributed by atoms with Crippen LogP contribution < -0.4 is 5.32 Å². The number of rotatable bonds is 7. The van der Waals surface area contributed by atoms with Gasteiger partial charge in [-0.2, -0.15) is 5.26 Å². The smallest absolute Gasteiger partial charge is 0.261 e. The van der Waals surface area contributed by atoms with Crippen molar-refractivity contribution < 1.29 is 4.79 Å². The average molecular weight is 412 g/mol. The Balaban J connectivity index is 1.73. The topological polar surface area (TPSA) is 57.8 Å². The van der Waals surface area contributed by atoms with Gasteiger partial charge < -0.3 is 9.88 Å². The maximum atomic E-state index is 12.5. The molecule has 1 amide bonds. The highest BCUT2D eigenvalue weighted by Crippen LogP contribution is 2.25. The molecule has 1 aromatic heterocycles. The summed E-state index contributed by atoms with van der Waals surface area (Å²) in [6.45, 7) is 8.77. The van der Waals surface area contributed by atoms with Gasteiger partial charge in [-0.1, -0.05) is 48.0 Å². The Kier molecular flexibility index (Phi) is 7.10. The first-order chi connectivity index (χ1) is 14.9. The van der Waals surface area contributed by atoms with Crippen LogP contribution in [0.1, 0.15) is 40.1 Å². The molecule has 0 saturated heterocycles. The van der Waals surface area contributed by atoms with E-state index < -0.39 is 0 Å². The molecule has 0 spiro atoms. The SMILES string of the molecule is Cc1ccc(-n2c(C)cc(/C=C(/C#N)C(=O)NCCCc3ccccc3)c2C)c(C)c1. The summed E-state index contributed by atoms with van der Waals surface area (Å²) in [5, 5.41) is 12.4. The van der Waals surface area contributed by atoms with Gasteiger partial charge in [-0.05, 0) is 75.4 Å². The van der Waals surface area contributed by atoms with E-state index in [-0.39, 0.29) is 11.5 Å². The molecule has 0 bridgehead atoms. The van der Waals surface area contributed by atoms with E-state index in [9.17, 15) is 10.1 Å². The summed E-state index contributed by atoms with van der Waals surface area (Å²) in [6.07, 6.45) is 3.41. The molecule has 2 aromatic carbocycles. The standard InChI is InChI=1S/C27H29N3O/c1-19-12-13-26(20(2)15-19)30-21(3)16-24(22(30)4)17-25(18-28)27(31)29-14-8-11-23-9-6-5-7-10-23/h5-7,9-10,12-13,15-17H,8,11,14H2,1-4H3,(H,29,31)/b25-17-. The highest BCUT2D eigenvalue weighted by molar-refractivity contribution is 6.01. The number of carbonyl (C=O) groups is 1. The van der Waals surface area contributed by atoms with Gasteiger partial charge in [0.2, 0.25) is 0 Å². The highest BCUT2D eigenvalue weighted by Gasteiger charge is 2.14. The number of amides is 1. The normalized spacial score (nSPS) is 11.3. The second kappa shape index (κ2) is 9.95. The van der Waals surface area contributed by atoms with Crippen LogP contribution in [0, 0.1) is 39.0 Å². The number of aromatic nitrogens is 1. The Morgan fingerprint density at radius 3 is 2.48 bits per heavy atom. The van der Waals surface area contributed by atoms with Gasteiger partial charge in [-0.15, -0.1) is 0 Å². The number of nitriles is 1. The molecule has 0 fully saturated rings. The Hall–Kier alpha value is -3.58. The Morgan fingerprint density at radius 2 is 1.81 bits per heavy atom. The molecular formula is C27H29N3O.